The molecule has 0 aliphatic heterocycles. The predicted molar refractivity (Wildman–Crippen MR) is 66.3 cm³/mol. The smallest absolute Gasteiger partial charge is 0.138 e. The first-order valence-corrected chi connectivity index (χ1v) is 6.10. The van der Waals surface area contributed by atoms with Crippen molar-refractivity contribution in [3.8, 4) is 0 Å². The summed E-state index contributed by atoms with van der Waals surface area (Å²) in [7, 11) is 2.00. The predicted octanol–water partition coefficient (Wildman–Crippen LogP) is 1.87. The molecule has 0 bridgehead atoms. The summed E-state index contributed by atoms with van der Waals surface area (Å²) in [5, 5.41) is 7.46. The van der Waals surface area contributed by atoms with E-state index in [2.05, 4.69) is 36.2 Å². The van der Waals surface area contributed by atoms with E-state index < -0.39 is 0 Å². The molecule has 92 valence electrons. The van der Waals surface area contributed by atoms with Gasteiger partial charge in [-0.1, -0.05) is 20.8 Å². The van der Waals surface area contributed by atoms with Gasteiger partial charge in [0.25, 0.3) is 0 Å². The van der Waals surface area contributed by atoms with Crippen LogP contribution in [0.5, 0.6) is 0 Å². The molecule has 4 nitrogen and oxygen atoms in total. The Morgan fingerprint density at radius 3 is 2.81 bits per heavy atom. The zero-order valence-corrected chi connectivity index (χ0v) is 11.0. The van der Waals surface area contributed by atoms with Crippen molar-refractivity contribution in [1.82, 2.24) is 20.1 Å². The standard InChI is InChI=1S/C12H24N4/c1-5-8-16-11(14-10-15-16)9-12(2,3)6-7-13-4/h10,13H,5-9H2,1-4H3. The minimum Gasteiger partial charge on any atom is -0.320 e. The van der Waals surface area contributed by atoms with E-state index in [0.29, 0.717) is 0 Å². The second kappa shape index (κ2) is 5.99. The van der Waals surface area contributed by atoms with Crippen molar-refractivity contribution < 1.29 is 0 Å². The average molecular weight is 224 g/mol. The highest BCUT2D eigenvalue weighted by Crippen LogP contribution is 2.24. The van der Waals surface area contributed by atoms with Gasteiger partial charge in [-0.3, -0.25) is 4.68 Å². The van der Waals surface area contributed by atoms with Crippen molar-refractivity contribution in [1.29, 1.82) is 0 Å². The molecule has 0 fully saturated rings. The third kappa shape index (κ3) is 3.93. The lowest BCUT2D eigenvalue weighted by atomic mass is 9.85. The number of nitrogens with zero attached hydrogens (tertiary/aromatic N) is 3. The molecule has 0 aromatic carbocycles. The van der Waals surface area contributed by atoms with Gasteiger partial charge in [0, 0.05) is 13.0 Å². The number of hydrogen-bond donors (Lipinski definition) is 1. The molecule has 0 spiro atoms. The van der Waals surface area contributed by atoms with Gasteiger partial charge in [-0.25, -0.2) is 4.98 Å². The van der Waals surface area contributed by atoms with Gasteiger partial charge in [-0.15, -0.1) is 0 Å². The fraction of sp³-hybridized carbons (Fsp3) is 0.833. The molecule has 0 atom stereocenters. The molecule has 0 unspecified atom stereocenters. The normalized spacial score (nSPS) is 12.0. The van der Waals surface area contributed by atoms with E-state index in [1.54, 1.807) is 6.33 Å². The summed E-state index contributed by atoms with van der Waals surface area (Å²) in [6, 6.07) is 0. The highest BCUT2D eigenvalue weighted by molar-refractivity contribution is 4.91. The van der Waals surface area contributed by atoms with Crippen LogP contribution in [0.2, 0.25) is 0 Å². The lowest BCUT2D eigenvalue weighted by Crippen LogP contribution is -2.23. The zero-order chi connectivity index (χ0) is 12.0. The Kier molecular flexibility index (Phi) is 4.93. The van der Waals surface area contributed by atoms with Crippen LogP contribution in [0.3, 0.4) is 0 Å². The van der Waals surface area contributed by atoms with Gasteiger partial charge in [-0.05, 0) is 31.8 Å². The van der Waals surface area contributed by atoms with Crippen molar-refractivity contribution in [2.75, 3.05) is 13.6 Å². The molecule has 0 saturated heterocycles. The number of nitrogens with one attached hydrogen (secondary N) is 1. The van der Waals surface area contributed by atoms with Crippen molar-refractivity contribution in [3.05, 3.63) is 12.2 Å². The molecule has 1 heterocycles. The van der Waals surface area contributed by atoms with Gasteiger partial charge in [0.2, 0.25) is 0 Å². The Balaban J connectivity index is 2.60. The fourth-order valence-electron chi connectivity index (χ4n) is 1.80. The molecule has 1 N–H and O–H groups in total. The SMILES string of the molecule is CCCn1ncnc1CC(C)(C)CCNC. The second-order valence-electron chi connectivity index (χ2n) is 5.09. The van der Waals surface area contributed by atoms with Crippen molar-refractivity contribution >= 4 is 0 Å². The summed E-state index contributed by atoms with van der Waals surface area (Å²) in [4.78, 5) is 4.36. The maximum atomic E-state index is 4.36. The Morgan fingerprint density at radius 2 is 2.19 bits per heavy atom. The Morgan fingerprint density at radius 1 is 1.44 bits per heavy atom. The summed E-state index contributed by atoms with van der Waals surface area (Å²) in [6.07, 6.45) is 4.92. The minimum atomic E-state index is 0.279. The van der Waals surface area contributed by atoms with E-state index in [1.807, 2.05) is 11.7 Å². The third-order valence-corrected chi connectivity index (χ3v) is 2.82. The van der Waals surface area contributed by atoms with Crippen LogP contribution in [0, 0.1) is 5.41 Å². The molecule has 0 saturated carbocycles. The number of hydrogen-bond acceptors (Lipinski definition) is 3. The largest absolute Gasteiger partial charge is 0.320 e. The first-order chi connectivity index (χ1) is 7.59. The highest BCUT2D eigenvalue weighted by atomic mass is 15.3. The van der Waals surface area contributed by atoms with Crippen molar-refractivity contribution in [2.24, 2.45) is 5.41 Å². The molecule has 0 radical (unpaired) electrons. The Labute approximate surface area is 98.5 Å². The number of rotatable bonds is 7. The summed E-state index contributed by atoms with van der Waals surface area (Å²) in [6.45, 7) is 8.76. The van der Waals surface area contributed by atoms with E-state index >= 15 is 0 Å². The van der Waals surface area contributed by atoms with E-state index in [9.17, 15) is 0 Å². The molecule has 1 aromatic rings. The van der Waals surface area contributed by atoms with Gasteiger partial charge in [0.05, 0.1) is 0 Å². The first-order valence-electron chi connectivity index (χ1n) is 6.10. The molecule has 0 amide bonds. The molecule has 1 aromatic heterocycles. The maximum Gasteiger partial charge on any atom is 0.138 e. The zero-order valence-electron chi connectivity index (χ0n) is 11.0. The van der Waals surface area contributed by atoms with Crippen LogP contribution in [0.25, 0.3) is 0 Å². The topological polar surface area (TPSA) is 42.7 Å². The van der Waals surface area contributed by atoms with Gasteiger partial charge in [-0.2, -0.15) is 5.10 Å². The van der Waals surface area contributed by atoms with Gasteiger partial charge < -0.3 is 5.32 Å². The third-order valence-electron chi connectivity index (χ3n) is 2.82. The van der Waals surface area contributed by atoms with E-state index in [0.717, 1.165) is 38.2 Å². The summed E-state index contributed by atoms with van der Waals surface area (Å²) in [5.74, 6) is 1.11. The summed E-state index contributed by atoms with van der Waals surface area (Å²) < 4.78 is 2.03. The quantitative estimate of drug-likeness (QED) is 0.769. The Hall–Kier alpha value is -0.900. The lowest BCUT2D eigenvalue weighted by molar-refractivity contribution is 0.315. The van der Waals surface area contributed by atoms with E-state index in [1.165, 1.54) is 0 Å². The van der Waals surface area contributed by atoms with Crippen LogP contribution >= 0.6 is 0 Å². The van der Waals surface area contributed by atoms with Crippen LogP contribution < -0.4 is 5.32 Å². The van der Waals surface area contributed by atoms with Crippen LogP contribution in [0.4, 0.5) is 0 Å². The van der Waals surface area contributed by atoms with Crippen LogP contribution in [0.1, 0.15) is 39.4 Å². The highest BCUT2D eigenvalue weighted by Gasteiger charge is 2.20. The van der Waals surface area contributed by atoms with Crippen LogP contribution in [-0.4, -0.2) is 28.4 Å². The Bertz CT molecular complexity index is 304. The molecule has 1 rings (SSSR count). The van der Waals surface area contributed by atoms with Gasteiger partial charge in [0.15, 0.2) is 0 Å². The van der Waals surface area contributed by atoms with Crippen LogP contribution in [0.15, 0.2) is 6.33 Å². The van der Waals surface area contributed by atoms with E-state index in [-0.39, 0.29) is 5.41 Å². The van der Waals surface area contributed by atoms with Crippen molar-refractivity contribution in [2.45, 2.75) is 46.6 Å². The number of aryl methyl sites for hydroxylation is 1. The monoisotopic (exact) mass is 224 g/mol. The molecular formula is C12H24N4. The van der Waals surface area contributed by atoms with E-state index in [4.69, 9.17) is 0 Å². The van der Waals surface area contributed by atoms with Gasteiger partial charge >= 0.3 is 0 Å². The molecule has 0 aliphatic rings. The second-order valence-corrected chi connectivity index (χ2v) is 5.09. The van der Waals surface area contributed by atoms with Gasteiger partial charge in [0.1, 0.15) is 12.2 Å². The maximum absolute atomic E-state index is 4.36. The van der Waals surface area contributed by atoms with Crippen molar-refractivity contribution in [3.63, 3.8) is 0 Å². The summed E-state index contributed by atoms with van der Waals surface area (Å²) >= 11 is 0. The molecular weight excluding hydrogens is 200 g/mol. The molecule has 4 heteroatoms. The lowest BCUT2D eigenvalue weighted by Gasteiger charge is -2.24. The summed E-state index contributed by atoms with van der Waals surface area (Å²) in [5.41, 5.74) is 0.279. The minimum absolute atomic E-state index is 0.279. The fourth-order valence-corrected chi connectivity index (χ4v) is 1.80. The van der Waals surface area contributed by atoms with Crippen LogP contribution in [-0.2, 0) is 13.0 Å². The molecule has 0 aliphatic carbocycles. The first kappa shape index (κ1) is 13.2. The average Bonchev–Trinajstić information content (AvgIpc) is 2.63. The molecule has 16 heavy (non-hydrogen) atoms. The number of aromatic nitrogens is 3.